The van der Waals surface area contributed by atoms with Crippen molar-refractivity contribution in [3.8, 4) is 0 Å². The number of piperazine rings is 1. The summed E-state index contributed by atoms with van der Waals surface area (Å²) < 4.78 is 26.8. The van der Waals surface area contributed by atoms with Crippen LogP contribution in [0.5, 0.6) is 0 Å². The maximum atomic E-state index is 13.8. The minimum absolute atomic E-state index is 0.130. The van der Waals surface area contributed by atoms with E-state index in [2.05, 4.69) is 9.88 Å². The molecule has 4 nitrogen and oxygen atoms in total. The van der Waals surface area contributed by atoms with E-state index >= 15 is 0 Å². The van der Waals surface area contributed by atoms with Crippen molar-refractivity contribution in [1.29, 1.82) is 0 Å². The molecule has 4 rings (SSSR count). The Hall–Kier alpha value is -2.89. The normalized spacial score (nSPS) is 15.0. The maximum Gasteiger partial charge on any atom is 0.270 e. The van der Waals surface area contributed by atoms with Crippen molar-refractivity contribution in [2.24, 2.45) is 0 Å². The zero-order valence-corrected chi connectivity index (χ0v) is 13.5. The Kier molecular flexibility index (Phi) is 3.87. The second kappa shape index (κ2) is 6.20. The van der Waals surface area contributed by atoms with Gasteiger partial charge in [0.25, 0.3) is 5.91 Å². The Morgan fingerprint density at radius 2 is 1.68 bits per heavy atom. The molecule has 1 saturated heterocycles. The highest BCUT2D eigenvalue weighted by atomic mass is 19.1. The quantitative estimate of drug-likeness (QED) is 0.776. The Bertz CT molecular complexity index is 912. The number of hydrogen-bond donors (Lipinski definition) is 1. The standard InChI is InChI=1S/C19H17F2N3O/c20-13-4-6-14(7-5-13)23-8-10-24(11-9-23)19(25)18-12-15-16(21)2-1-3-17(15)22-18/h1-7,12,22H,8-11H2. The van der Waals surface area contributed by atoms with Gasteiger partial charge in [0.15, 0.2) is 0 Å². The molecule has 1 aliphatic rings. The number of nitrogens with zero attached hydrogens (tertiary/aromatic N) is 2. The third-order valence-electron chi connectivity index (χ3n) is 4.60. The summed E-state index contributed by atoms with van der Waals surface area (Å²) in [6.07, 6.45) is 0. The van der Waals surface area contributed by atoms with Crippen LogP contribution in [0, 0.1) is 11.6 Å². The molecule has 25 heavy (non-hydrogen) atoms. The third kappa shape index (κ3) is 2.95. The maximum absolute atomic E-state index is 13.8. The minimum Gasteiger partial charge on any atom is -0.368 e. The van der Waals surface area contributed by atoms with Gasteiger partial charge in [0, 0.05) is 42.8 Å². The number of nitrogens with one attached hydrogen (secondary N) is 1. The molecule has 0 spiro atoms. The predicted octanol–water partition coefficient (Wildman–Crippen LogP) is 3.41. The lowest BCUT2D eigenvalue weighted by Crippen LogP contribution is -2.48. The first-order valence-electron chi connectivity index (χ1n) is 8.19. The summed E-state index contributed by atoms with van der Waals surface area (Å²) in [4.78, 5) is 19.5. The second-order valence-electron chi connectivity index (χ2n) is 6.14. The van der Waals surface area contributed by atoms with E-state index < -0.39 is 0 Å². The number of rotatable bonds is 2. The van der Waals surface area contributed by atoms with Gasteiger partial charge in [-0.1, -0.05) is 6.07 Å². The van der Waals surface area contributed by atoms with E-state index in [4.69, 9.17) is 0 Å². The molecular weight excluding hydrogens is 324 g/mol. The van der Waals surface area contributed by atoms with Crippen LogP contribution in [0.2, 0.25) is 0 Å². The Morgan fingerprint density at radius 3 is 2.36 bits per heavy atom. The molecule has 6 heteroatoms. The van der Waals surface area contributed by atoms with E-state index in [0.29, 0.717) is 42.8 Å². The number of carbonyl (C=O) groups is 1. The summed E-state index contributed by atoms with van der Waals surface area (Å²) in [6.45, 7) is 2.47. The number of aromatic amines is 1. The SMILES string of the molecule is O=C(c1cc2c(F)cccc2[nH]1)N1CCN(c2ccc(F)cc2)CC1. The molecule has 0 radical (unpaired) electrons. The number of halogens is 2. The number of fused-ring (bicyclic) bond motifs is 1. The third-order valence-corrected chi connectivity index (χ3v) is 4.60. The lowest BCUT2D eigenvalue weighted by molar-refractivity contribution is 0.0742. The number of amides is 1. The number of anilines is 1. The van der Waals surface area contributed by atoms with Gasteiger partial charge in [0.05, 0.1) is 0 Å². The van der Waals surface area contributed by atoms with Crippen LogP contribution in [0.3, 0.4) is 0 Å². The molecular formula is C19H17F2N3O. The van der Waals surface area contributed by atoms with Crippen LogP contribution in [0.25, 0.3) is 10.9 Å². The molecule has 1 N–H and O–H groups in total. The van der Waals surface area contributed by atoms with Crippen LogP contribution in [0.1, 0.15) is 10.5 Å². The van der Waals surface area contributed by atoms with Crippen LogP contribution >= 0.6 is 0 Å². The van der Waals surface area contributed by atoms with E-state index in [1.165, 1.54) is 18.2 Å². The molecule has 1 aliphatic heterocycles. The van der Waals surface area contributed by atoms with Crippen molar-refractivity contribution in [2.75, 3.05) is 31.1 Å². The number of carbonyl (C=O) groups excluding carboxylic acids is 1. The zero-order valence-electron chi connectivity index (χ0n) is 13.5. The first-order valence-corrected chi connectivity index (χ1v) is 8.19. The summed E-state index contributed by atoms with van der Waals surface area (Å²) in [5, 5.41) is 0.427. The molecule has 0 atom stereocenters. The van der Waals surface area contributed by atoms with Crippen LogP contribution in [-0.4, -0.2) is 42.0 Å². The molecule has 0 unspecified atom stereocenters. The first-order chi connectivity index (χ1) is 12.1. The van der Waals surface area contributed by atoms with E-state index in [-0.39, 0.29) is 17.5 Å². The van der Waals surface area contributed by atoms with Crippen molar-refractivity contribution in [3.63, 3.8) is 0 Å². The van der Waals surface area contributed by atoms with Gasteiger partial charge in [-0.2, -0.15) is 0 Å². The smallest absolute Gasteiger partial charge is 0.270 e. The van der Waals surface area contributed by atoms with Crippen molar-refractivity contribution < 1.29 is 13.6 Å². The summed E-state index contributed by atoms with van der Waals surface area (Å²) in [6, 6.07) is 12.7. The van der Waals surface area contributed by atoms with Crippen LogP contribution < -0.4 is 4.90 Å². The lowest BCUT2D eigenvalue weighted by Gasteiger charge is -2.36. The van der Waals surface area contributed by atoms with Crippen molar-refractivity contribution in [2.45, 2.75) is 0 Å². The Balaban J connectivity index is 1.47. The fourth-order valence-corrected chi connectivity index (χ4v) is 3.22. The molecule has 0 saturated carbocycles. The van der Waals surface area contributed by atoms with Crippen molar-refractivity contribution in [3.05, 3.63) is 65.9 Å². The lowest BCUT2D eigenvalue weighted by atomic mass is 10.2. The summed E-state index contributed by atoms with van der Waals surface area (Å²) in [5.41, 5.74) is 1.96. The monoisotopic (exact) mass is 341 g/mol. The average Bonchev–Trinajstić information content (AvgIpc) is 3.08. The predicted molar refractivity (Wildman–Crippen MR) is 92.8 cm³/mol. The van der Waals surface area contributed by atoms with Crippen LogP contribution in [0.15, 0.2) is 48.5 Å². The first kappa shape index (κ1) is 15.6. The average molecular weight is 341 g/mol. The fraction of sp³-hybridized carbons (Fsp3) is 0.211. The minimum atomic E-state index is -0.339. The van der Waals surface area contributed by atoms with Gasteiger partial charge in [0.1, 0.15) is 17.3 Å². The molecule has 2 aromatic carbocycles. The highest BCUT2D eigenvalue weighted by Gasteiger charge is 2.23. The second-order valence-corrected chi connectivity index (χ2v) is 6.14. The molecule has 1 fully saturated rings. The van der Waals surface area contributed by atoms with E-state index in [1.54, 1.807) is 35.2 Å². The van der Waals surface area contributed by atoms with Gasteiger partial charge in [-0.25, -0.2) is 8.78 Å². The summed E-state index contributed by atoms with van der Waals surface area (Å²) >= 11 is 0. The number of hydrogen-bond acceptors (Lipinski definition) is 2. The number of benzene rings is 2. The molecule has 0 aliphatic carbocycles. The molecule has 2 heterocycles. The molecule has 1 aromatic heterocycles. The van der Waals surface area contributed by atoms with E-state index in [1.807, 2.05) is 0 Å². The van der Waals surface area contributed by atoms with Gasteiger partial charge in [-0.05, 0) is 42.5 Å². The van der Waals surface area contributed by atoms with Crippen molar-refractivity contribution >= 4 is 22.5 Å². The van der Waals surface area contributed by atoms with E-state index in [9.17, 15) is 13.6 Å². The molecule has 3 aromatic rings. The summed E-state index contributed by atoms with van der Waals surface area (Å²) in [7, 11) is 0. The Morgan fingerprint density at radius 1 is 0.960 bits per heavy atom. The van der Waals surface area contributed by atoms with Crippen LogP contribution in [0.4, 0.5) is 14.5 Å². The topological polar surface area (TPSA) is 39.3 Å². The number of aromatic nitrogens is 1. The number of H-pyrrole nitrogens is 1. The highest BCUT2D eigenvalue weighted by molar-refractivity contribution is 5.98. The summed E-state index contributed by atoms with van der Waals surface area (Å²) in [5.74, 6) is -0.730. The molecule has 128 valence electrons. The van der Waals surface area contributed by atoms with Gasteiger partial charge >= 0.3 is 0 Å². The zero-order chi connectivity index (χ0) is 17.4. The largest absolute Gasteiger partial charge is 0.368 e. The van der Waals surface area contributed by atoms with Gasteiger partial charge in [-0.3, -0.25) is 4.79 Å². The molecule has 1 amide bonds. The van der Waals surface area contributed by atoms with E-state index in [0.717, 1.165) is 5.69 Å². The fourth-order valence-electron chi connectivity index (χ4n) is 3.22. The van der Waals surface area contributed by atoms with Gasteiger partial charge in [0.2, 0.25) is 0 Å². The van der Waals surface area contributed by atoms with Crippen molar-refractivity contribution in [1.82, 2.24) is 9.88 Å². The highest BCUT2D eigenvalue weighted by Crippen LogP contribution is 2.21. The molecule has 0 bridgehead atoms. The van der Waals surface area contributed by atoms with Gasteiger partial charge in [-0.15, -0.1) is 0 Å². The Labute approximate surface area is 143 Å². The van der Waals surface area contributed by atoms with Gasteiger partial charge < -0.3 is 14.8 Å². The van der Waals surface area contributed by atoms with Crippen LogP contribution in [-0.2, 0) is 0 Å².